The quantitative estimate of drug-likeness (QED) is 0.397. The molecular weight excluding hydrogens is 474 g/mol. The Bertz CT molecular complexity index is 788. The summed E-state index contributed by atoms with van der Waals surface area (Å²) >= 11 is 0. The fourth-order valence-corrected chi connectivity index (χ4v) is 3.16. The van der Waals surface area contributed by atoms with Gasteiger partial charge in [0.2, 0.25) is 5.88 Å². The number of pyridine rings is 1. The average molecular weight is 500 g/mol. The van der Waals surface area contributed by atoms with Gasteiger partial charge in [-0.25, -0.2) is 9.37 Å². The van der Waals surface area contributed by atoms with E-state index in [4.69, 9.17) is 9.47 Å². The van der Waals surface area contributed by atoms with Gasteiger partial charge < -0.3 is 19.7 Å². The molecule has 0 saturated carbocycles. The SMILES string of the molecule is CN=C(NCc1cccc(OC)n1)N1CC(C)OC(c2ccc(F)cc2)C1.I. The molecule has 2 aromatic rings. The normalized spacial score (nSPS) is 19.7. The molecule has 152 valence electrons. The van der Waals surface area contributed by atoms with Gasteiger partial charge in [0.1, 0.15) is 11.9 Å². The summed E-state index contributed by atoms with van der Waals surface area (Å²) in [5, 5.41) is 3.35. The summed E-state index contributed by atoms with van der Waals surface area (Å²) in [5.41, 5.74) is 1.82. The van der Waals surface area contributed by atoms with Gasteiger partial charge >= 0.3 is 0 Å². The van der Waals surface area contributed by atoms with Crippen molar-refractivity contribution >= 4 is 29.9 Å². The number of benzene rings is 1. The summed E-state index contributed by atoms with van der Waals surface area (Å²) in [4.78, 5) is 11.0. The van der Waals surface area contributed by atoms with Crippen LogP contribution in [0.4, 0.5) is 4.39 Å². The summed E-state index contributed by atoms with van der Waals surface area (Å²) in [6.45, 7) is 3.93. The van der Waals surface area contributed by atoms with Crippen LogP contribution in [0.1, 0.15) is 24.3 Å². The lowest BCUT2D eigenvalue weighted by Crippen LogP contribution is -2.50. The Morgan fingerprint density at radius 2 is 2.04 bits per heavy atom. The molecule has 1 saturated heterocycles. The summed E-state index contributed by atoms with van der Waals surface area (Å²) < 4.78 is 24.4. The number of methoxy groups -OCH3 is 1. The van der Waals surface area contributed by atoms with Crippen molar-refractivity contribution in [3.05, 3.63) is 59.5 Å². The van der Waals surface area contributed by atoms with Crippen molar-refractivity contribution in [3.8, 4) is 5.88 Å². The maximum Gasteiger partial charge on any atom is 0.213 e. The predicted molar refractivity (Wildman–Crippen MR) is 118 cm³/mol. The molecule has 0 amide bonds. The molecule has 1 aliphatic rings. The van der Waals surface area contributed by atoms with E-state index in [0.717, 1.165) is 23.8 Å². The summed E-state index contributed by atoms with van der Waals surface area (Å²) in [5.74, 6) is 1.12. The molecule has 2 heterocycles. The Morgan fingerprint density at radius 1 is 1.29 bits per heavy atom. The predicted octanol–water partition coefficient (Wildman–Crippen LogP) is 3.38. The summed E-state index contributed by atoms with van der Waals surface area (Å²) in [7, 11) is 3.36. The number of halogens is 2. The first kappa shape index (κ1) is 22.4. The number of nitrogens with one attached hydrogen (secondary N) is 1. The molecule has 2 unspecified atom stereocenters. The van der Waals surface area contributed by atoms with Crippen LogP contribution in [0.25, 0.3) is 0 Å². The molecule has 6 nitrogen and oxygen atoms in total. The Labute approximate surface area is 182 Å². The molecule has 1 aliphatic heterocycles. The third-order valence-corrected chi connectivity index (χ3v) is 4.43. The highest BCUT2D eigenvalue weighted by Gasteiger charge is 2.28. The zero-order chi connectivity index (χ0) is 19.2. The van der Waals surface area contributed by atoms with Crippen LogP contribution in [0.5, 0.6) is 5.88 Å². The van der Waals surface area contributed by atoms with E-state index in [-0.39, 0.29) is 42.0 Å². The third kappa shape index (κ3) is 5.78. The minimum absolute atomic E-state index is 0. The van der Waals surface area contributed by atoms with Crippen molar-refractivity contribution in [2.45, 2.75) is 25.7 Å². The van der Waals surface area contributed by atoms with Gasteiger partial charge in [0.15, 0.2) is 5.96 Å². The van der Waals surface area contributed by atoms with Gasteiger partial charge in [0.05, 0.1) is 32.0 Å². The van der Waals surface area contributed by atoms with Crippen LogP contribution >= 0.6 is 24.0 Å². The van der Waals surface area contributed by atoms with Gasteiger partial charge in [0, 0.05) is 19.7 Å². The largest absolute Gasteiger partial charge is 0.481 e. The fraction of sp³-hybridized carbons (Fsp3) is 0.400. The van der Waals surface area contributed by atoms with Crippen LogP contribution in [0.3, 0.4) is 0 Å². The van der Waals surface area contributed by atoms with E-state index in [1.165, 1.54) is 12.1 Å². The maximum atomic E-state index is 13.2. The number of aromatic nitrogens is 1. The van der Waals surface area contributed by atoms with Gasteiger partial charge in [-0.3, -0.25) is 4.99 Å². The van der Waals surface area contributed by atoms with Crippen molar-refractivity contribution < 1.29 is 13.9 Å². The lowest BCUT2D eigenvalue weighted by atomic mass is 10.1. The highest BCUT2D eigenvalue weighted by molar-refractivity contribution is 14.0. The van der Waals surface area contributed by atoms with E-state index in [1.807, 2.05) is 25.1 Å². The number of hydrogen-bond donors (Lipinski definition) is 1. The van der Waals surface area contributed by atoms with E-state index in [2.05, 4.69) is 20.2 Å². The molecule has 0 spiro atoms. The van der Waals surface area contributed by atoms with E-state index in [9.17, 15) is 4.39 Å². The van der Waals surface area contributed by atoms with Gasteiger partial charge in [0.25, 0.3) is 0 Å². The number of guanidine groups is 1. The molecule has 1 fully saturated rings. The van der Waals surface area contributed by atoms with E-state index >= 15 is 0 Å². The minimum Gasteiger partial charge on any atom is -0.481 e. The highest BCUT2D eigenvalue weighted by atomic mass is 127. The molecule has 8 heteroatoms. The molecule has 0 bridgehead atoms. The maximum absolute atomic E-state index is 13.2. The zero-order valence-corrected chi connectivity index (χ0v) is 18.6. The second-order valence-electron chi connectivity index (χ2n) is 6.46. The second kappa shape index (κ2) is 10.6. The van der Waals surface area contributed by atoms with Gasteiger partial charge in [-0.1, -0.05) is 18.2 Å². The number of morpholine rings is 1. The monoisotopic (exact) mass is 500 g/mol. The fourth-order valence-electron chi connectivity index (χ4n) is 3.16. The molecule has 1 aromatic carbocycles. The van der Waals surface area contributed by atoms with Crippen LogP contribution in [-0.2, 0) is 11.3 Å². The smallest absolute Gasteiger partial charge is 0.213 e. The first-order chi connectivity index (χ1) is 13.1. The van der Waals surface area contributed by atoms with E-state index < -0.39 is 0 Å². The van der Waals surface area contributed by atoms with Crippen molar-refractivity contribution in [1.82, 2.24) is 15.2 Å². The van der Waals surface area contributed by atoms with Crippen molar-refractivity contribution in [1.29, 1.82) is 0 Å². The van der Waals surface area contributed by atoms with Crippen LogP contribution in [0, 0.1) is 5.82 Å². The van der Waals surface area contributed by atoms with Gasteiger partial charge in [-0.2, -0.15) is 0 Å². The Morgan fingerprint density at radius 3 is 2.71 bits per heavy atom. The van der Waals surface area contributed by atoms with Crippen LogP contribution in [0.15, 0.2) is 47.5 Å². The van der Waals surface area contributed by atoms with Crippen molar-refractivity contribution in [2.24, 2.45) is 4.99 Å². The Hall–Kier alpha value is -1.94. The zero-order valence-electron chi connectivity index (χ0n) is 16.3. The summed E-state index contributed by atoms with van der Waals surface area (Å²) in [6, 6.07) is 12.1. The minimum atomic E-state index is -0.247. The van der Waals surface area contributed by atoms with Crippen LogP contribution < -0.4 is 10.1 Å². The molecule has 0 aliphatic carbocycles. The standard InChI is InChI=1S/C20H25FN4O2.HI/c1-14-12-25(13-18(27-14)15-7-9-16(21)10-8-15)20(22-2)23-11-17-5-4-6-19(24-17)26-3;/h4-10,14,18H,11-13H2,1-3H3,(H,22,23);1H. The second-order valence-corrected chi connectivity index (χ2v) is 6.46. The van der Waals surface area contributed by atoms with Crippen LogP contribution in [0.2, 0.25) is 0 Å². The molecule has 0 radical (unpaired) electrons. The highest BCUT2D eigenvalue weighted by Crippen LogP contribution is 2.25. The average Bonchev–Trinajstić information content (AvgIpc) is 2.69. The third-order valence-electron chi connectivity index (χ3n) is 4.43. The molecule has 28 heavy (non-hydrogen) atoms. The number of hydrogen-bond acceptors (Lipinski definition) is 4. The molecule has 1 N–H and O–H groups in total. The lowest BCUT2D eigenvalue weighted by molar-refractivity contribution is -0.0605. The number of rotatable bonds is 4. The van der Waals surface area contributed by atoms with Crippen molar-refractivity contribution in [2.75, 3.05) is 27.2 Å². The van der Waals surface area contributed by atoms with E-state index in [0.29, 0.717) is 19.0 Å². The lowest BCUT2D eigenvalue weighted by Gasteiger charge is -2.38. The van der Waals surface area contributed by atoms with Gasteiger partial charge in [-0.15, -0.1) is 24.0 Å². The Kier molecular flexibility index (Phi) is 8.43. The molecular formula is C20H26FIN4O2. The number of ether oxygens (including phenoxy) is 2. The van der Waals surface area contributed by atoms with E-state index in [1.54, 1.807) is 26.3 Å². The Balaban J connectivity index is 0.00000280. The first-order valence-corrected chi connectivity index (χ1v) is 8.95. The van der Waals surface area contributed by atoms with Gasteiger partial charge in [-0.05, 0) is 30.7 Å². The van der Waals surface area contributed by atoms with Crippen molar-refractivity contribution in [3.63, 3.8) is 0 Å². The number of aliphatic imine (C=N–C) groups is 1. The molecule has 2 atom stereocenters. The van der Waals surface area contributed by atoms with Crippen LogP contribution in [-0.4, -0.2) is 49.2 Å². The summed E-state index contributed by atoms with van der Waals surface area (Å²) in [6.07, 6.45) is -0.106. The first-order valence-electron chi connectivity index (χ1n) is 8.95. The topological polar surface area (TPSA) is 59.0 Å². The number of nitrogens with zero attached hydrogens (tertiary/aromatic N) is 3. The molecule has 3 rings (SSSR count). The molecule has 1 aromatic heterocycles.